The number of carbonyl (C=O) groups is 1. The molecular formula is C13H21N3O2. The summed E-state index contributed by atoms with van der Waals surface area (Å²) in [4.78, 5) is 11.4. The van der Waals surface area contributed by atoms with Gasteiger partial charge in [0.2, 0.25) is 0 Å². The molecule has 1 N–H and O–H groups in total. The van der Waals surface area contributed by atoms with E-state index in [2.05, 4.69) is 31.0 Å². The number of rotatable bonds is 4. The van der Waals surface area contributed by atoms with E-state index in [1.165, 1.54) is 0 Å². The maximum Gasteiger partial charge on any atom is 0.307 e. The van der Waals surface area contributed by atoms with E-state index in [-0.39, 0.29) is 17.9 Å². The van der Waals surface area contributed by atoms with Crippen LogP contribution in [0.3, 0.4) is 0 Å². The van der Waals surface area contributed by atoms with E-state index in [9.17, 15) is 9.90 Å². The molecule has 1 aromatic heterocycles. The highest BCUT2D eigenvalue weighted by Gasteiger charge is 2.41. The zero-order valence-electron chi connectivity index (χ0n) is 11.2. The predicted octanol–water partition coefficient (Wildman–Crippen LogP) is 2.46. The van der Waals surface area contributed by atoms with E-state index in [1.54, 1.807) is 6.33 Å². The molecule has 18 heavy (non-hydrogen) atoms. The van der Waals surface area contributed by atoms with Crippen LogP contribution in [0.2, 0.25) is 0 Å². The van der Waals surface area contributed by atoms with Gasteiger partial charge in [-0.15, -0.1) is 10.2 Å². The molecular weight excluding hydrogens is 230 g/mol. The summed E-state index contributed by atoms with van der Waals surface area (Å²) in [6.07, 6.45) is 4.43. The molecule has 1 aromatic rings. The van der Waals surface area contributed by atoms with Crippen LogP contribution in [0, 0.1) is 11.8 Å². The van der Waals surface area contributed by atoms with Gasteiger partial charge in [0.05, 0.1) is 5.92 Å². The first-order valence-corrected chi connectivity index (χ1v) is 6.66. The fourth-order valence-electron chi connectivity index (χ4n) is 2.95. The Morgan fingerprint density at radius 1 is 1.56 bits per heavy atom. The monoisotopic (exact) mass is 251 g/mol. The lowest BCUT2D eigenvalue weighted by Gasteiger charge is -2.18. The van der Waals surface area contributed by atoms with Crippen molar-refractivity contribution in [2.75, 3.05) is 0 Å². The molecule has 1 aliphatic carbocycles. The third-order valence-electron chi connectivity index (χ3n) is 4.04. The van der Waals surface area contributed by atoms with Crippen molar-refractivity contribution < 1.29 is 9.90 Å². The first-order valence-electron chi connectivity index (χ1n) is 6.66. The van der Waals surface area contributed by atoms with Gasteiger partial charge in [0.25, 0.3) is 0 Å². The normalized spacial score (nSPS) is 27.9. The Labute approximate surface area is 107 Å². The summed E-state index contributed by atoms with van der Waals surface area (Å²) in [6, 6.07) is 0.269. The van der Waals surface area contributed by atoms with Gasteiger partial charge in [0.1, 0.15) is 12.2 Å². The third-order valence-corrected chi connectivity index (χ3v) is 4.04. The van der Waals surface area contributed by atoms with Crippen molar-refractivity contribution in [2.45, 2.75) is 52.0 Å². The second-order valence-electron chi connectivity index (χ2n) is 5.49. The number of nitrogens with zero attached hydrogens (tertiary/aromatic N) is 3. The van der Waals surface area contributed by atoms with Gasteiger partial charge in [-0.1, -0.05) is 13.3 Å². The highest BCUT2D eigenvalue weighted by atomic mass is 16.4. The zero-order chi connectivity index (χ0) is 13.3. The van der Waals surface area contributed by atoms with Gasteiger partial charge < -0.3 is 9.67 Å². The van der Waals surface area contributed by atoms with E-state index in [0.717, 1.165) is 25.1 Å². The summed E-state index contributed by atoms with van der Waals surface area (Å²) in [5.74, 6) is 0.338. The second-order valence-corrected chi connectivity index (χ2v) is 5.49. The summed E-state index contributed by atoms with van der Waals surface area (Å²) in [5, 5.41) is 17.5. The van der Waals surface area contributed by atoms with E-state index in [0.29, 0.717) is 5.92 Å². The molecule has 0 spiro atoms. The standard InChI is InChI=1S/C13H21N3O2/c1-4-9-5-10(11(6-9)13(17)18)12-15-14-7-16(12)8(2)3/h7-11H,4-6H2,1-3H3,(H,17,18). The van der Waals surface area contributed by atoms with Crippen molar-refractivity contribution in [1.29, 1.82) is 0 Å². The lowest BCUT2D eigenvalue weighted by atomic mass is 9.95. The van der Waals surface area contributed by atoms with Crippen LogP contribution in [-0.4, -0.2) is 25.8 Å². The maximum absolute atomic E-state index is 11.4. The van der Waals surface area contributed by atoms with Gasteiger partial charge >= 0.3 is 5.97 Å². The minimum atomic E-state index is -0.700. The maximum atomic E-state index is 11.4. The molecule has 5 heteroatoms. The molecule has 3 unspecified atom stereocenters. The molecule has 0 radical (unpaired) electrons. The van der Waals surface area contributed by atoms with Gasteiger partial charge in [0.15, 0.2) is 0 Å². The number of carboxylic acid groups (broad SMARTS) is 1. The Morgan fingerprint density at radius 2 is 2.28 bits per heavy atom. The van der Waals surface area contributed by atoms with Crippen LogP contribution in [-0.2, 0) is 4.79 Å². The topological polar surface area (TPSA) is 68.0 Å². The second kappa shape index (κ2) is 5.08. The van der Waals surface area contributed by atoms with E-state index >= 15 is 0 Å². The molecule has 100 valence electrons. The third kappa shape index (κ3) is 2.26. The Balaban J connectivity index is 2.30. The van der Waals surface area contributed by atoms with Gasteiger partial charge in [-0.25, -0.2) is 0 Å². The van der Waals surface area contributed by atoms with Gasteiger partial charge in [-0.05, 0) is 32.6 Å². The molecule has 3 atom stereocenters. The molecule has 0 bridgehead atoms. The number of hydrogen-bond acceptors (Lipinski definition) is 3. The number of carboxylic acids is 1. The highest BCUT2D eigenvalue weighted by Crippen LogP contribution is 2.44. The molecule has 1 saturated carbocycles. The van der Waals surface area contributed by atoms with Gasteiger partial charge in [-0.3, -0.25) is 4.79 Å². The predicted molar refractivity (Wildman–Crippen MR) is 67.3 cm³/mol. The smallest absolute Gasteiger partial charge is 0.307 e. The van der Waals surface area contributed by atoms with E-state index in [4.69, 9.17) is 0 Å². The van der Waals surface area contributed by atoms with E-state index < -0.39 is 5.97 Å². The van der Waals surface area contributed by atoms with Crippen LogP contribution in [0.1, 0.15) is 57.8 Å². The average molecular weight is 251 g/mol. The van der Waals surface area contributed by atoms with Crippen LogP contribution < -0.4 is 0 Å². The number of aliphatic carboxylic acids is 1. The van der Waals surface area contributed by atoms with Crippen molar-refractivity contribution in [2.24, 2.45) is 11.8 Å². The Hall–Kier alpha value is -1.39. The molecule has 0 aliphatic heterocycles. The van der Waals surface area contributed by atoms with Crippen LogP contribution in [0.15, 0.2) is 6.33 Å². The van der Waals surface area contributed by atoms with Crippen LogP contribution in [0.5, 0.6) is 0 Å². The Morgan fingerprint density at radius 3 is 2.83 bits per heavy atom. The summed E-state index contributed by atoms with van der Waals surface area (Å²) in [7, 11) is 0. The first-order chi connectivity index (χ1) is 8.54. The first kappa shape index (κ1) is 13.1. The minimum absolute atomic E-state index is 0.0114. The largest absolute Gasteiger partial charge is 0.481 e. The molecule has 1 heterocycles. The number of hydrogen-bond donors (Lipinski definition) is 1. The number of aromatic nitrogens is 3. The zero-order valence-corrected chi connectivity index (χ0v) is 11.2. The van der Waals surface area contributed by atoms with Crippen LogP contribution in [0.25, 0.3) is 0 Å². The van der Waals surface area contributed by atoms with E-state index in [1.807, 2.05) is 4.57 Å². The highest BCUT2D eigenvalue weighted by molar-refractivity contribution is 5.71. The fourth-order valence-corrected chi connectivity index (χ4v) is 2.95. The summed E-state index contributed by atoms with van der Waals surface area (Å²) < 4.78 is 2.00. The van der Waals surface area contributed by atoms with Crippen molar-refractivity contribution in [1.82, 2.24) is 14.8 Å². The lowest BCUT2D eigenvalue weighted by molar-refractivity contribution is -0.142. The van der Waals surface area contributed by atoms with Crippen molar-refractivity contribution >= 4 is 5.97 Å². The lowest BCUT2D eigenvalue weighted by Crippen LogP contribution is -2.20. The summed E-state index contributed by atoms with van der Waals surface area (Å²) in [6.45, 7) is 6.25. The Kier molecular flexibility index (Phi) is 3.68. The van der Waals surface area contributed by atoms with Crippen molar-refractivity contribution in [3.8, 4) is 0 Å². The average Bonchev–Trinajstić information content (AvgIpc) is 2.94. The van der Waals surface area contributed by atoms with Crippen molar-refractivity contribution in [3.05, 3.63) is 12.2 Å². The molecule has 1 aliphatic rings. The quantitative estimate of drug-likeness (QED) is 0.892. The molecule has 0 aromatic carbocycles. The van der Waals surface area contributed by atoms with Crippen molar-refractivity contribution in [3.63, 3.8) is 0 Å². The summed E-state index contributed by atoms with van der Waals surface area (Å²) >= 11 is 0. The van der Waals surface area contributed by atoms with Crippen LogP contribution in [0.4, 0.5) is 0 Å². The van der Waals surface area contributed by atoms with Crippen LogP contribution >= 0.6 is 0 Å². The molecule has 0 saturated heterocycles. The molecule has 0 amide bonds. The minimum Gasteiger partial charge on any atom is -0.481 e. The summed E-state index contributed by atoms with van der Waals surface area (Å²) in [5.41, 5.74) is 0. The fraction of sp³-hybridized carbons (Fsp3) is 0.769. The molecule has 5 nitrogen and oxygen atoms in total. The SMILES string of the molecule is CCC1CC(C(=O)O)C(c2nncn2C(C)C)C1. The Bertz CT molecular complexity index is 428. The van der Waals surface area contributed by atoms with Gasteiger partial charge in [0, 0.05) is 12.0 Å². The molecule has 1 fully saturated rings. The molecule has 2 rings (SSSR count). The van der Waals surface area contributed by atoms with Gasteiger partial charge in [-0.2, -0.15) is 0 Å².